The van der Waals surface area contributed by atoms with Crippen molar-refractivity contribution >= 4 is 29.1 Å². The molecule has 30 heavy (non-hydrogen) atoms. The van der Waals surface area contributed by atoms with Crippen LogP contribution < -0.4 is 5.46 Å². The van der Waals surface area contributed by atoms with Crippen LogP contribution in [0.2, 0.25) is 0 Å². The first kappa shape index (κ1) is 20.2. The van der Waals surface area contributed by atoms with Crippen LogP contribution in [0.1, 0.15) is 65.3 Å². The van der Waals surface area contributed by atoms with Crippen molar-refractivity contribution in [2.45, 2.75) is 70.8 Å². The normalized spacial score (nSPS) is 26.2. The summed E-state index contributed by atoms with van der Waals surface area (Å²) in [5, 5.41) is 6.18. The number of benzene rings is 1. The molecule has 0 saturated carbocycles. The van der Waals surface area contributed by atoms with E-state index < -0.39 is 0 Å². The Kier molecular flexibility index (Phi) is 5.05. The third kappa shape index (κ3) is 3.42. The zero-order valence-electron chi connectivity index (χ0n) is 18.4. The van der Waals surface area contributed by atoms with Gasteiger partial charge >= 0.3 is 7.12 Å². The van der Waals surface area contributed by atoms with E-state index in [4.69, 9.17) is 23.9 Å². The number of hydrogen-bond acceptors (Lipinski definition) is 5. The molecule has 2 aromatic rings. The molecule has 4 heterocycles. The quantitative estimate of drug-likeness (QED) is 0.720. The van der Waals surface area contributed by atoms with Crippen LogP contribution >= 0.6 is 0 Å². The molecule has 1 aromatic heterocycles. The zero-order valence-corrected chi connectivity index (χ0v) is 18.4. The Balaban J connectivity index is 1.59. The second kappa shape index (κ2) is 7.48. The fourth-order valence-corrected chi connectivity index (χ4v) is 4.40. The monoisotopic (exact) mass is 410 g/mol. The predicted molar refractivity (Wildman–Crippen MR) is 118 cm³/mol. The van der Waals surface area contributed by atoms with E-state index in [1.165, 1.54) is 12.0 Å². The maximum Gasteiger partial charge on any atom is 0.494 e. The molecule has 0 radical (unpaired) electrons. The molecule has 6 nitrogen and oxygen atoms in total. The second-order valence-electron chi connectivity index (χ2n) is 9.53. The van der Waals surface area contributed by atoms with Crippen LogP contribution in [0.3, 0.4) is 0 Å². The van der Waals surface area contributed by atoms with Crippen LogP contribution in [-0.4, -0.2) is 47.9 Å². The Labute approximate surface area is 178 Å². The molecule has 2 saturated heterocycles. The summed E-state index contributed by atoms with van der Waals surface area (Å²) >= 11 is 0. The summed E-state index contributed by atoms with van der Waals surface area (Å²) in [6, 6.07) is 6.44. The molecule has 5 rings (SSSR count). The van der Waals surface area contributed by atoms with Crippen LogP contribution in [0.4, 0.5) is 0 Å². The predicted octanol–water partition coefficient (Wildman–Crippen LogP) is 3.84. The van der Waals surface area contributed by atoms with E-state index in [2.05, 4.69) is 56.7 Å². The highest BCUT2D eigenvalue weighted by Gasteiger charge is 2.51. The number of hydrogen-bond donors (Lipinski definition) is 0. The summed E-state index contributed by atoms with van der Waals surface area (Å²) in [4.78, 5) is 0. The SMILES string of the molecule is CC1(C)OB(c2ccc3c(c2)c(C2=CCOCC2)nn3C2CCCCO2)OC1(C)C. The maximum atomic E-state index is 6.30. The largest absolute Gasteiger partial charge is 0.494 e. The lowest BCUT2D eigenvalue weighted by atomic mass is 9.78. The molecule has 1 unspecified atom stereocenters. The molecule has 1 aromatic carbocycles. The Bertz CT molecular complexity index is 959. The Morgan fingerprint density at radius 1 is 1.07 bits per heavy atom. The van der Waals surface area contributed by atoms with Gasteiger partial charge in [-0.2, -0.15) is 5.10 Å². The van der Waals surface area contributed by atoms with Crippen LogP contribution in [0.25, 0.3) is 16.5 Å². The molecule has 0 spiro atoms. The minimum atomic E-state index is -0.384. The number of fused-ring (bicyclic) bond motifs is 1. The van der Waals surface area contributed by atoms with Crippen molar-refractivity contribution in [2.75, 3.05) is 19.8 Å². The molecule has 2 fully saturated rings. The first-order valence-electron chi connectivity index (χ1n) is 11.1. The minimum Gasteiger partial charge on any atom is -0.399 e. The van der Waals surface area contributed by atoms with E-state index in [0.717, 1.165) is 54.5 Å². The molecule has 3 aliphatic heterocycles. The molecule has 3 aliphatic rings. The summed E-state index contributed by atoms with van der Waals surface area (Å²) in [5.41, 5.74) is 3.67. The van der Waals surface area contributed by atoms with Gasteiger partial charge in [0.15, 0.2) is 6.23 Å². The van der Waals surface area contributed by atoms with Gasteiger partial charge in [0.05, 0.1) is 35.6 Å². The molecule has 0 amide bonds. The third-order valence-electron chi connectivity index (χ3n) is 6.95. The van der Waals surface area contributed by atoms with Gasteiger partial charge in [-0.05, 0) is 70.5 Å². The fourth-order valence-electron chi connectivity index (χ4n) is 4.40. The van der Waals surface area contributed by atoms with Crippen molar-refractivity contribution in [3.63, 3.8) is 0 Å². The summed E-state index contributed by atoms with van der Waals surface area (Å²) in [6.45, 7) is 10.5. The Morgan fingerprint density at radius 3 is 2.53 bits per heavy atom. The van der Waals surface area contributed by atoms with Crippen LogP contribution in [-0.2, 0) is 18.8 Å². The molecule has 0 bridgehead atoms. The van der Waals surface area contributed by atoms with E-state index in [0.29, 0.717) is 6.61 Å². The molecular weight excluding hydrogens is 379 g/mol. The van der Waals surface area contributed by atoms with Crippen molar-refractivity contribution in [1.29, 1.82) is 0 Å². The minimum absolute atomic E-state index is 0.00172. The van der Waals surface area contributed by atoms with E-state index in [1.54, 1.807) is 0 Å². The van der Waals surface area contributed by atoms with Crippen molar-refractivity contribution in [1.82, 2.24) is 9.78 Å². The first-order valence-corrected chi connectivity index (χ1v) is 11.1. The lowest BCUT2D eigenvalue weighted by Gasteiger charge is -2.32. The highest BCUT2D eigenvalue weighted by molar-refractivity contribution is 6.62. The van der Waals surface area contributed by atoms with Crippen LogP contribution in [0.5, 0.6) is 0 Å². The molecule has 160 valence electrons. The molecule has 0 aliphatic carbocycles. The number of aromatic nitrogens is 2. The van der Waals surface area contributed by atoms with Gasteiger partial charge in [0.2, 0.25) is 0 Å². The summed E-state index contributed by atoms with van der Waals surface area (Å²) < 4.78 is 26.3. The van der Waals surface area contributed by atoms with Gasteiger partial charge in [-0.15, -0.1) is 0 Å². The Morgan fingerprint density at radius 2 is 1.87 bits per heavy atom. The number of nitrogens with zero attached hydrogens (tertiary/aromatic N) is 2. The summed E-state index contributed by atoms with van der Waals surface area (Å²) in [6.07, 6.45) is 6.31. The lowest BCUT2D eigenvalue weighted by Crippen LogP contribution is -2.41. The van der Waals surface area contributed by atoms with Gasteiger partial charge in [0, 0.05) is 12.0 Å². The van der Waals surface area contributed by atoms with Gasteiger partial charge in [-0.3, -0.25) is 0 Å². The highest BCUT2D eigenvalue weighted by Crippen LogP contribution is 2.37. The molecule has 7 heteroatoms. The second-order valence-corrected chi connectivity index (χ2v) is 9.53. The van der Waals surface area contributed by atoms with Crippen molar-refractivity contribution in [3.8, 4) is 0 Å². The Hall–Kier alpha value is -1.67. The van der Waals surface area contributed by atoms with Crippen molar-refractivity contribution in [2.24, 2.45) is 0 Å². The average molecular weight is 410 g/mol. The number of ether oxygens (including phenoxy) is 2. The lowest BCUT2D eigenvalue weighted by molar-refractivity contribution is -0.0367. The molecule has 1 atom stereocenters. The zero-order chi connectivity index (χ0) is 20.9. The maximum absolute atomic E-state index is 6.30. The smallest absolute Gasteiger partial charge is 0.399 e. The first-order chi connectivity index (χ1) is 14.4. The van der Waals surface area contributed by atoms with Gasteiger partial charge in [0.1, 0.15) is 0 Å². The van der Waals surface area contributed by atoms with E-state index in [-0.39, 0.29) is 24.5 Å². The summed E-state index contributed by atoms with van der Waals surface area (Å²) in [5.74, 6) is 0. The van der Waals surface area contributed by atoms with Crippen LogP contribution in [0.15, 0.2) is 24.3 Å². The highest BCUT2D eigenvalue weighted by atomic mass is 16.7. The van der Waals surface area contributed by atoms with Crippen LogP contribution in [0, 0.1) is 0 Å². The van der Waals surface area contributed by atoms with Gasteiger partial charge in [-0.1, -0.05) is 18.2 Å². The van der Waals surface area contributed by atoms with Gasteiger partial charge in [-0.25, -0.2) is 4.68 Å². The topological polar surface area (TPSA) is 54.7 Å². The molecule has 0 N–H and O–H groups in total. The average Bonchev–Trinajstić information content (AvgIpc) is 3.23. The van der Waals surface area contributed by atoms with Crippen molar-refractivity contribution in [3.05, 3.63) is 30.0 Å². The van der Waals surface area contributed by atoms with Gasteiger partial charge in [0.25, 0.3) is 0 Å². The van der Waals surface area contributed by atoms with E-state index >= 15 is 0 Å². The van der Waals surface area contributed by atoms with Gasteiger partial charge < -0.3 is 18.8 Å². The fraction of sp³-hybridized carbons (Fsp3) is 0.609. The summed E-state index contributed by atoms with van der Waals surface area (Å²) in [7, 11) is -0.384. The number of rotatable bonds is 3. The van der Waals surface area contributed by atoms with E-state index in [9.17, 15) is 0 Å². The third-order valence-corrected chi connectivity index (χ3v) is 6.95. The standard InChI is InChI=1S/C23H31BN2O4/c1-22(2)23(3,4)30-24(29-22)17-8-9-19-18(15-17)21(16-10-13-27-14-11-16)25-26(19)20-7-5-6-12-28-20/h8-10,15,20H,5-7,11-14H2,1-4H3. The van der Waals surface area contributed by atoms with E-state index in [1.807, 2.05) is 0 Å². The van der Waals surface area contributed by atoms with Crippen molar-refractivity contribution < 1.29 is 18.8 Å². The molecular formula is C23H31BN2O4.